The number of carbonyl (C=O) groups is 1. The van der Waals surface area contributed by atoms with Gasteiger partial charge in [-0.2, -0.15) is 0 Å². The maximum atomic E-state index is 13.0. The number of amides is 1. The number of benzene rings is 3. The lowest BCUT2D eigenvalue weighted by Crippen LogP contribution is -2.19. The number of para-hydroxylation sites is 1. The number of halogens is 1. The lowest BCUT2D eigenvalue weighted by Gasteiger charge is -2.23. The highest BCUT2D eigenvalue weighted by atomic mass is 35.5. The van der Waals surface area contributed by atoms with E-state index in [4.69, 9.17) is 16.3 Å². The van der Waals surface area contributed by atoms with E-state index >= 15 is 0 Å². The summed E-state index contributed by atoms with van der Waals surface area (Å²) in [6, 6.07) is 22.7. The van der Waals surface area contributed by atoms with Crippen LogP contribution in [0.25, 0.3) is 0 Å². The molecule has 3 aromatic rings. The highest BCUT2D eigenvalue weighted by molar-refractivity contribution is 6.31. The number of hydrogen-bond acceptors (Lipinski definition) is 2. The lowest BCUT2D eigenvalue weighted by molar-refractivity contribution is 0.102. The monoisotopic (exact) mass is 393 g/mol. The van der Waals surface area contributed by atoms with Gasteiger partial charge < -0.3 is 10.1 Å². The van der Waals surface area contributed by atoms with E-state index < -0.39 is 0 Å². The van der Waals surface area contributed by atoms with Crippen molar-refractivity contribution in [3.8, 4) is 5.75 Å². The van der Waals surface area contributed by atoms with Crippen molar-refractivity contribution in [1.82, 2.24) is 0 Å². The van der Waals surface area contributed by atoms with Gasteiger partial charge in [0.25, 0.3) is 5.91 Å². The minimum atomic E-state index is -0.248. The fourth-order valence-corrected chi connectivity index (χ4v) is 3.15. The maximum Gasteiger partial charge on any atom is 0.259 e. The van der Waals surface area contributed by atoms with E-state index in [1.807, 2.05) is 54.6 Å². The second-order valence-electron chi connectivity index (χ2n) is 7.66. The quantitative estimate of drug-likeness (QED) is 0.539. The molecule has 0 spiro atoms. The summed E-state index contributed by atoms with van der Waals surface area (Å²) in [4.78, 5) is 13.0. The van der Waals surface area contributed by atoms with Crippen LogP contribution < -0.4 is 10.1 Å². The maximum absolute atomic E-state index is 13.0. The van der Waals surface area contributed by atoms with Crippen LogP contribution in [0.15, 0.2) is 72.8 Å². The molecule has 28 heavy (non-hydrogen) atoms. The Balaban J connectivity index is 1.85. The van der Waals surface area contributed by atoms with Crippen LogP contribution in [0.3, 0.4) is 0 Å². The molecule has 0 bridgehead atoms. The third kappa shape index (κ3) is 4.93. The van der Waals surface area contributed by atoms with Crippen molar-refractivity contribution in [3.63, 3.8) is 0 Å². The average Bonchev–Trinajstić information content (AvgIpc) is 2.67. The Morgan fingerprint density at radius 1 is 0.964 bits per heavy atom. The Kier molecular flexibility index (Phi) is 6.05. The number of hydrogen-bond donors (Lipinski definition) is 1. The van der Waals surface area contributed by atoms with Crippen molar-refractivity contribution in [3.05, 3.63) is 94.5 Å². The van der Waals surface area contributed by atoms with Crippen molar-refractivity contribution in [2.75, 3.05) is 5.32 Å². The fraction of sp³-hybridized carbons (Fsp3) is 0.208. The van der Waals surface area contributed by atoms with E-state index in [-0.39, 0.29) is 11.3 Å². The van der Waals surface area contributed by atoms with E-state index in [0.717, 1.165) is 16.8 Å². The number of ether oxygens (including phenoxy) is 1. The second kappa shape index (κ2) is 8.49. The third-order valence-corrected chi connectivity index (χ3v) is 4.64. The van der Waals surface area contributed by atoms with Crippen LogP contribution in [0.2, 0.25) is 5.02 Å². The SMILES string of the molecule is CC(C)(C)c1ccccc1NC(=O)c1cc(Cl)ccc1OCc1ccccc1. The predicted molar refractivity (Wildman–Crippen MR) is 115 cm³/mol. The van der Waals surface area contributed by atoms with Gasteiger partial charge in [-0.1, -0.05) is 80.9 Å². The van der Waals surface area contributed by atoms with Crippen molar-refractivity contribution >= 4 is 23.2 Å². The van der Waals surface area contributed by atoms with Gasteiger partial charge in [0, 0.05) is 10.7 Å². The van der Waals surface area contributed by atoms with E-state index in [1.54, 1.807) is 18.2 Å². The molecule has 0 saturated heterocycles. The van der Waals surface area contributed by atoms with Crippen molar-refractivity contribution in [2.24, 2.45) is 0 Å². The average molecular weight is 394 g/mol. The van der Waals surface area contributed by atoms with Gasteiger partial charge in [0.15, 0.2) is 0 Å². The molecule has 0 radical (unpaired) electrons. The molecule has 144 valence electrons. The molecular formula is C24H24ClNO2. The summed E-state index contributed by atoms with van der Waals surface area (Å²) < 4.78 is 5.92. The first-order valence-electron chi connectivity index (χ1n) is 9.22. The van der Waals surface area contributed by atoms with Crippen molar-refractivity contribution < 1.29 is 9.53 Å². The molecule has 3 rings (SSSR count). The number of rotatable bonds is 5. The molecule has 0 heterocycles. The highest BCUT2D eigenvalue weighted by Gasteiger charge is 2.20. The fourth-order valence-electron chi connectivity index (χ4n) is 2.98. The first-order valence-corrected chi connectivity index (χ1v) is 9.59. The van der Waals surface area contributed by atoms with Crippen LogP contribution in [-0.2, 0) is 12.0 Å². The smallest absolute Gasteiger partial charge is 0.259 e. The second-order valence-corrected chi connectivity index (χ2v) is 8.10. The molecule has 0 atom stereocenters. The third-order valence-electron chi connectivity index (χ3n) is 4.41. The molecule has 0 fully saturated rings. The number of anilines is 1. The van der Waals surface area contributed by atoms with Gasteiger partial charge in [-0.05, 0) is 40.8 Å². The summed E-state index contributed by atoms with van der Waals surface area (Å²) in [6.45, 7) is 6.73. The van der Waals surface area contributed by atoms with Crippen LogP contribution in [0.5, 0.6) is 5.75 Å². The lowest BCUT2D eigenvalue weighted by atomic mass is 9.86. The van der Waals surface area contributed by atoms with Gasteiger partial charge in [0.05, 0.1) is 5.56 Å². The molecule has 1 N–H and O–H groups in total. The molecule has 0 aliphatic rings. The van der Waals surface area contributed by atoms with Crippen LogP contribution in [0, 0.1) is 0 Å². The van der Waals surface area contributed by atoms with Crippen LogP contribution in [0.4, 0.5) is 5.69 Å². The number of nitrogens with one attached hydrogen (secondary N) is 1. The van der Waals surface area contributed by atoms with Crippen molar-refractivity contribution in [2.45, 2.75) is 32.8 Å². The Hall–Kier alpha value is -2.78. The zero-order valence-electron chi connectivity index (χ0n) is 16.3. The van der Waals surface area contributed by atoms with Gasteiger partial charge in [-0.25, -0.2) is 0 Å². The predicted octanol–water partition coefficient (Wildman–Crippen LogP) is 6.47. The molecule has 3 nitrogen and oxygen atoms in total. The standard InChI is InChI=1S/C24H24ClNO2/c1-24(2,3)20-11-7-8-12-21(20)26-23(27)19-15-18(25)13-14-22(19)28-16-17-9-5-4-6-10-17/h4-15H,16H2,1-3H3,(H,26,27). The largest absolute Gasteiger partial charge is 0.488 e. The minimum Gasteiger partial charge on any atom is -0.488 e. The zero-order valence-corrected chi connectivity index (χ0v) is 17.1. The van der Waals surface area contributed by atoms with Gasteiger partial charge >= 0.3 is 0 Å². The van der Waals surface area contributed by atoms with E-state index in [0.29, 0.717) is 22.9 Å². The van der Waals surface area contributed by atoms with E-state index in [9.17, 15) is 4.79 Å². The van der Waals surface area contributed by atoms with Gasteiger partial charge in [0.2, 0.25) is 0 Å². The Morgan fingerprint density at radius 2 is 1.64 bits per heavy atom. The van der Waals surface area contributed by atoms with Gasteiger partial charge in [-0.3, -0.25) is 4.79 Å². The molecule has 0 aromatic heterocycles. The molecule has 0 aliphatic heterocycles. The summed E-state index contributed by atoms with van der Waals surface area (Å²) in [7, 11) is 0. The van der Waals surface area contributed by atoms with Crippen LogP contribution >= 0.6 is 11.6 Å². The summed E-state index contributed by atoms with van der Waals surface area (Å²) in [5, 5.41) is 3.51. The molecule has 3 aromatic carbocycles. The van der Waals surface area contributed by atoms with E-state index in [2.05, 4.69) is 26.1 Å². The van der Waals surface area contributed by atoms with Crippen molar-refractivity contribution in [1.29, 1.82) is 0 Å². The van der Waals surface area contributed by atoms with E-state index in [1.165, 1.54) is 0 Å². The zero-order chi connectivity index (χ0) is 20.1. The molecule has 0 aliphatic carbocycles. The summed E-state index contributed by atoms with van der Waals surface area (Å²) in [6.07, 6.45) is 0. The summed E-state index contributed by atoms with van der Waals surface area (Å²) in [5.74, 6) is 0.251. The Morgan fingerprint density at radius 3 is 2.36 bits per heavy atom. The van der Waals surface area contributed by atoms with Crippen LogP contribution in [-0.4, -0.2) is 5.91 Å². The highest BCUT2D eigenvalue weighted by Crippen LogP contribution is 2.31. The topological polar surface area (TPSA) is 38.3 Å². The minimum absolute atomic E-state index is 0.0924. The van der Waals surface area contributed by atoms with Gasteiger partial charge in [0.1, 0.15) is 12.4 Å². The molecule has 4 heteroatoms. The first-order chi connectivity index (χ1) is 13.3. The van der Waals surface area contributed by atoms with Crippen LogP contribution in [0.1, 0.15) is 42.3 Å². The Labute approximate surface area is 171 Å². The first kappa shape index (κ1) is 20.0. The molecular weight excluding hydrogens is 370 g/mol. The molecule has 1 amide bonds. The molecule has 0 unspecified atom stereocenters. The normalized spacial score (nSPS) is 11.1. The summed E-state index contributed by atoms with van der Waals surface area (Å²) in [5.41, 5.74) is 3.20. The van der Waals surface area contributed by atoms with Gasteiger partial charge in [-0.15, -0.1) is 0 Å². The number of carbonyl (C=O) groups excluding carboxylic acids is 1. The summed E-state index contributed by atoms with van der Waals surface area (Å²) >= 11 is 6.15. The Bertz CT molecular complexity index is 962. The molecule has 0 saturated carbocycles.